The first-order valence-electron chi connectivity index (χ1n) is 6.35. The van der Waals surface area contributed by atoms with Crippen LogP contribution in [-0.4, -0.2) is 23.3 Å². The second-order valence-corrected chi connectivity index (χ2v) is 4.67. The van der Waals surface area contributed by atoms with Gasteiger partial charge in [0.05, 0.1) is 13.7 Å². The molecule has 0 spiro atoms. The number of rotatable bonds is 6. The van der Waals surface area contributed by atoms with Crippen LogP contribution in [0.4, 0.5) is 0 Å². The lowest BCUT2D eigenvalue weighted by atomic mass is 10.1. The van der Waals surface area contributed by atoms with Crippen LogP contribution in [0.3, 0.4) is 0 Å². The van der Waals surface area contributed by atoms with Crippen molar-refractivity contribution in [3.63, 3.8) is 0 Å². The second-order valence-electron chi connectivity index (χ2n) is 4.67. The van der Waals surface area contributed by atoms with E-state index in [1.165, 1.54) is 0 Å². The summed E-state index contributed by atoms with van der Waals surface area (Å²) in [5.41, 5.74) is 1.10. The van der Waals surface area contributed by atoms with Crippen LogP contribution < -0.4 is 10.1 Å². The number of ether oxygens (including phenoxy) is 1. The van der Waals surface area contributed by atoms with Crippen LogP contribution in [0.2, 0.25) is 0 Å². The first kappa shape index (κ1) is 13.5. The first-order valence-corrected chi connectivity index (χ1v) is 6.35. The van der Waals surface area contributed by atoms with Crippen LogP contribution in [-0.2, 0) is 13.0 Å². The number of hydrogen-bond donors (Lipinski definition) is 1. The van der Waals surface area contributed by atoms with Crippen LogP contribution in [0, 0.1) is 0 Å². The van der Waals surface area contributed by atoms with Crippen molar-refractivity contribution in [2.75, 3.05) is 7.11 Å². The number of nitrogens with one attached hydrogen (secondary N) is 1. The van der Waals surface area contributed by atoms with Crippen LogP contribution in [0.25, 0.3) is 0 Å². The van der Waals surface area contributed by atoms with Crippen LogP contribution in [0.15, 0.2) is 28.8 Å². The number of aromatic nitrogens is 2. The van der Waals surface area contributed by atoms with E-state index in [1.807, 2.05) is 24.3 Å². The molecular formula is C14H19N3O2. The van der Waals surface area contributed by atoms with E-state index in [4.69, 9.17) is 9.26 Å². The summed E-state index contributed by atoms with van der Waals surface area (Å²) in [5.74, 6) is 2.14. The molecule has 0 amide bonds. The summed E-state index contributed by atoms with van der Waals surface area (Å²) in [6, 6.07) is 8.26. The van der Waals surface area contributed by atoms with Gasteiger partial charge < -0.3 is 14.6 Å². The van der Waals surface area contributed by atoms with Gasteiger partial charge in [0.15, 0.2) is 5.82 Å². The Balaban J connectivity index is 1.99. The number of nitrogens with zero attached hydrogens (tertiary/aromatic N) is 2. The molecule has 5 nitrogen and oxygen atoms in total. The molecule has 0 saturated carbocycles. The smallest absolute Gasteiger partial charge is 0.240 e. The summed E-state index contributed by atoms with van der Waals surface area (Å²) in [6.07, 6.45) is 0.641. The summed E-state index contributed by atoms with van der Waals surface area (Å²) in [6.45, 7) is 4.75. The Morgan fingerprint density at radius 2 is 2.21 bits per heavy atom. The van der Waals surface area contributed by atoms with Crippen molar-refractivity contribution in [3.8, 4) is 5.75 Å². The lowest BCUT2D eigenvalue weighted by Crippen LogP contribution is -2.21. The molecule has 0 atom stereocenters. The summed E-state index contributed by atoms with van der Waals surface area (Å²) in [7, 11) is 1.66. The summed E-state index contributed by atoms with van der Waals surface area (Å²) in [4.78, 5) is 4.35. The van der Waals surface area contributed by atoms with Gasteiger partial charge in [-0.3, -0.25) is 0 Å². The molecular weight excluding hydrogens is 242 g/mol. The summed E-state index contributed by atoms with van der Waals surface area (Å²) in [5, 5.41) is 7.22. The molecule has 0 radical (unpaired) electrons. The Hall–Kier alpha value is -1.88. The summed E-state index contributed by atoms with van der Waals surface area (Å²) < 4.78 is 10.4. The van der Waals surface area contributed by atoms with Crippen molar-refractivity contribution in [2.45, 2.75) is 32.9 Å². The van der Waals surface area contributed by atoms with E-state index in [0.29, 0.717) is 30.7 Å². The van der Waals surface area contributed by atoms with Crippen molar-refractivity contribution in [2.24, 2.45) is 0 Å². The second kappa shape index (κ2) is 6.33. The Kier molecular flexibility index (Phi) is 4.52. The maximum atomic E-state index is 5.19. The lowest BCUT2D eigenvalue weighted by molar-refractivity contribution is 0.358. The molecule has 0 saturated heterocycles. The maximum absolute atomic E-state index is 5.19. The highest BCUT2D eigenvalue weighted by Gasteiger charge is 2.07. The van der Waals surface area contributed by atoms with Crippen molar-refractivity contribution in [3.05, 3.63) is 41.5 Å². The molecule has 102 valence electrons. The predicted octanol–water partition coefficient (Wildman–Crippen LogP) is 2.17. The Morgan fingerprint density at radius 1 is 1.37 bits per heavy atom. The normalized spacial score (nSPS) is 10.9. The van der Waals surface area contributed by atoms with Gasteiger partial charge in [0.2, 0.25) is 5.89 Å². The molecule has 1 N–H and O–H groups in total. The van der Waals surface area contributed by atoms with Crippen molar-refractivity contribution in [1.82, 2.24) is 15.5 Å². The van der Waals surface area contributed by atoms with E-state index in [1.54, 1.807) is 7.11 Å². The first-order chi connectivity index (χ1) is 9.17. The molecule has 0 bridgehead atoms. The van der Waals surface area contributed by atoms with Gasteiger partial charge in [0.25, 0.3) is 0 Å². The minimum Gasteiger partial charge on any atom is -0.497 e. The fourth-order valence-electron chi connectivity index (χ4n) is 1.69. The number of hydrogen-bond acceptors (Lipinski definition) is 5. The van der Waals surface area contributed by atoms with Gasteiger partial charge in [-0.25, -0.2) is 0 Å². The molecule has 0 fully saturated rings. The number of benzene rings is 1. The largest absolute Gasteiger partial charge is 0.497 e. The van der Waals surface area contributed by atoms with E-state index >= 15 is 0 Å². The molecule has 0 aliphatic carbocycles. The maximum Gasteiger partial charge on any atom is 0.240 e. The van der Waals surface area contributed by atoms with Crippen LogP contribution >= 0.6 is 0 Å². The fourth-order valence-corrected chi connectivity index (χ4v) is 1.69. The molecule has 0 aliphatic heterocycles. The third kappa shape index (κ3) is 4.06. The Labute approximate surface area is 113 Å². The van der Waals surface area contributed by atoms with Gasteiger partial charge >= 0.3 is 0 Å². The monoisotopic (exact) mass is 261 g/mol. The van der Waals surface area contributed by atoms with Gasteiger partial charge in [0.1, 0.15) is 5.75 Å². The highest BCUT2D eigenvalue weighted by atomic mass is 16.5. The molecule has 1 aromatic carbocycles. The van der Waals surface area contributed by atoms with Gasteiger partial charge in [-0.15, -0.1) is 0 Å². The molecule has 1 aromatic heterocycles. The Morgan fingerprint density at radius 3 is 2.95 bits per heavy atom. The molecule has 0 unspecified atom stereocenters. The van der Waals surface area contributed by atoms with Gasteiger partial charge in [-0.2, -0.15) is 4.98 Å². The topological polar surface area (TPSA) is 60.2 Å². The van der Waals surface area contributed by atoms with E-state index in [0.717, 1.165) is 11.3 Å². The quantitative estimate of drug-likeness (QED) is 0.863. The van der Waals surface area contributed by atoms with E-state index < -0.39 is 0 Å². The third-order valence-electron chi connectivity index (χ3n) is 2.67. The van der Waals surface area contributed by atoms with E-state index in [9.17, 15) is 0 Å². The average molecular weight is 261 g/mol. The van der Waals surface area contributed by atoms with Crippen LogP contribution in [0.5, 0.6) is 5.75 Å². The summed E-state index contributed by atoms with van der Waals surface area (Å²) >= 11 is 0. The molecule has 0 aliphatic rings. The van der Waals surface area contributed by atoms with Crippen molar-refractivity contribution in [1.29, 1.82) is 0 Å². The zero-order chi connectivity index (χ0) is 13.7. The van der Waals surface area contributed by atoms with Gasteiger partial charge in [-0.05, 0) is 17.7 Å². The zero-order valence-corrected chi connectivity index (χ0v) is 11.5. The third-order valence-corrected chi connectivity index (χ3v) is 2.67. The minimum absolute atomic E-state index is 0.397. The van der Waals surface area contributed by atoms with E-state index in [-0.39, 0.29) is 0 Å². The Bertz CT molecular complexity index is 523. The zero-order valence-electron chi connectivity index (χ0n) is 11.5. The van der Waals surface area contributed by atoms with Crippen molar-refractivity contribution < 1.29 is 9.26 Å². The highest BCUT2D eigenvalue weighted by Crippen LogP contribution is 2.14. The minimum atomic E-state index is 0.397. The van der Waals surface area contributed by atoms with Crippen molar-refractivity contribution >= 4 is 0 Å². The van der Waals surface area contributed by atoms with Crippen LogP contribution in [0.1, 0.15) is 31.1 Å². The van der Waals surface area contributed by atoms with E-state index in [2.05, 4.69) is 29.3 Å². The molecule has 5 heteroatoms. The standard InChI is InChI=1S/C14H19N3O2/c1-10(2)15-9-14-16-13(17-19-14)8-11-5-4-6-12(7-11)18-3/h4-7,10,15H,8-9H2,1-3H3. The highest BCUT2D eigenvalue weighted by molar-refractivity contribution is 5.29. The molecule has 2 aromatic rings. The van der Waals surface area contributed by atoms with Gasteiger partial charge in [-0.1, -0.05) is 31.1 Å². The average Bonchev–Trinajstić information content (AvgIpc) is 2.84. The molecule has 2 rings (SSSR count). The predicted molar refractivity (Wildman–Crippen MR) is 72.1 cm³/mol. The van der Waals surface area contributed by atoms with Gasteiger partial charge in [0, 0.05) is 12.5 Å². The molecule has 19 heavy (non-hydrogen) atoms. The lowest BCUT2D eigenvalue weighted by Gasteiger charge is -2.03. The fraction of sp³-hybridized carbons (Fsp3) is 0.429. The number of methoxy groups -OCH3 is 1. The SMILES string of the molecule is COc1cccc(Cc2noc(CNC(C)C)n2)c1. The molecule has 1 heterocycles.